The van der Waals surface area contributed by atoms with Crippen LogP contribution in [0.15, 0.2) is 0 Å². The summed E-state index contributed by atoms with van der Waals surface area (Å²) in [6.07, 6.45) is 8.48. The van der Waals surface area contributed by atoms with E-state index in [0.717, 1.165) is 36.9 Å². The van der Waals surface area contributed by atoms with Crippen molar-refractivity contribution in [2.45, 2.75) is 51.5 Å². The van der Waals surface area contributed by atoms with E-state index >= 15 is 0 Å². The Morgan fingerprint density at radius 1 is 1.25 bits per heavy atom. The third-order valence-electron chi connectivity index (χ3n) is 4.52. The zero-order chi connectivity index (χ0) is 11.4. The van der Waals surface area contributed by atoms with Gasteiger partial charge in [0.05, 0.1) is 0 Å². The maximum Gasteiger partial charge on any atom is 0.0462 e. The minimum absolute atomic E-state index is 0.772. The highest BCUT2D eigenvalue weighted by Gasteiger charge is 2.53. The molecule has 0 aromatic carbocycles. The Balaban J connectivity index is 1.78. The Morgan fingerprint density at radius 3 is 2.50 bits per heavy atom. The summed E-state index contributed by atoms with van der Waals surface area (Å²) in [5, 5.41) is 3.70. The first-order chi connectivity index (χ1) is 7.88. The van der Waals surface area contributed by atoms with Gasteiger partial charge in [-0.25, -0.2) is 0 Å². The van der Waals surface area contributed by atoms with Crippen LogP contribution in [0.25, 0.3) is 0 Å². The molecule has 0 radical (unpaired) electrons. The number of hydrogen-bond donors (Lipinski definition) is 1. The molecule has 2 aliphatic rings. The number of rotatable bonds is 7. The fourth-order valence-corrected chi connectivity index (χ4v) is 3.78. The average Bonchev–Trinajstić information content (AvgIpc) is 3.02. The van der Waals surface area contributed by atoms with E-state index in [1.54, 1.807) is 7.11 Å². The van der Waals surface area contributed by atoms with E-state index in [1.807, 2.05) is 0 Å². The highest BCUT2D eigenvalue weighted by Crippen LogP contribution is 2.57. The van der Waals surface area contributed by atoms with Crippen LogP contribution in [-0.2, 0) is 4.74 Å². The van der Waals surface area contributed by atoms with Crippen molar-refractivity contribution in [1.29, 1.82) is 0 Å². The molecule has 16 heavy (non-hydrogen) atoms. The molecule has 3 atom stereocenters. The molecule has 2 aliphatic carbocycles. The first-order valence-corrected chi connectivity index (χ1v) is 7.10. The van der Waals surface area contributed by atoms with Gasteiger partial charge >= 0.3 is 0 Å². The first kappa shape index (κ1) is 12.4. The van der Waals surface area contributed by atoms with Gasteiger partial charge in [-0.05, 0) is 50.0 Å². The molecule has 0 saturated heterocycles. The SMILES string of the molecule is CCNC(CCCOC)C1C2CCCCC21. The Labute approximate surface area is 100 Å². The first-order valence-electron chi connectivity index (χ1n) is 7.10. The Hall–Kier alpha value is -0.0800. The van der Waals surface area contributed by atoms with Crippen LogP contribution in [0.1, 0.15) is 45.4 Å². The summed E-state index contributed by atoms with van der Waals surface area (Å²) in [5.41, 5.74) is 0. The fourth-order valence-electron chi connectivity index (χ4n) is 3.78. The predicted octanol–water partition coefficient (Wildman–Crippen LogP) is 2.83. The second kappa shape index (κ2) is 6.02. The number of fused-ring (bicyclic) bond motifs is 1. The predicted molar refractivity (Wildman–Crippen MR) is 67.5 cm³/mol. The number of hydrogen-bond acceptors (Lipinski definition) is 2. The molecule has 1 N–H and O–H groups in total. The lowest BCUT2D eigenvalue weighted by atomic mass is 10.0. The minimum atomic E-state index is 0.772. The maximum absolute atomic E-state index is 5.16. The van der Waals surface area contributed by atoms with Gasteiger partial charge in [0.2, 0.25) is 0 Å². The van der Waals surface area contributed by atoms with Crippen molar-refractivity contribution >= 4 is 0 Å². The molecule has 0 aromatic heterocycles. The van der Waals surface area contributed by atoms with E-state index in [-0.39, 0.29) is 0 Å². The molecular formula is C14H27NO. The van der Waals surface area contributed by atoms with Crippen molar-refractivity contribution in [2.24, 2.45) is 17.8 Å². The highest BCUT2D eigenvalue weighted by molar-refractivity contribution is 5.04. The number of ether oxygens (including phenoxy) is 1. The third-order valence-corrected chi connectivity index (χ3v) is 4.52. The van der Waals surface area contributed by atoms with E-state index < -0.39 is 0 Å². The quantitative estimate of drug-likeness (QED) is 0.673. The van der Waals surface area contributed by atoms with Gasteiger partial charge in [0, 0.05) is 19.8 Å². The standard InChI is InChI=1S/C14H27NO/c1-3-15-13(9-6-10-16-2)14-11-7-4-5-8-12(11)14/h11-15H,3-10H2,1-2H3. The van der Waals surface area contributed by atoms with E-state index in [4.69, 9.17) is 4.74 Å². The molecule has 0 bridgehead atoms. The molecule has 2 heteroatoms. The lowest BCUT2D eigenvalue weighted by molar-refractivity contribution is 0.186. The summed E-state index contributed by atoms with van der Waals surface area (Å²) in [5.74, 6) is 3.14. The van der Waals surface area contributed by atoms with Crippen LogP contribution in [0.4, 0.5) is 0 Å². The fraction of sp³-hybridized carbons (Fsp3) is 1.00. The summed E-state index contributed by atoms with van der Waals surface area (Å²) >= 11 is 0. The van der Waals surface area contributed by atoms with E-state index in [1.165, 1.54) is 38.5 Å². The monoisotopic (exact) mass is 225 g/mol. The van der Waals surface area contributed by atoms with Crippen LogP contribution in [0.2, 0.25) is 0 Å². The third kappa shape index (κ3) is 2.78. The van der Waals surface area contributed by atoms with E-state index in [2.05, 4.69) is 12.2 Å². The van der Waals surface area contributed by atoms with Gasteiger partial charge in [0.15, 0.2) is 0 Å². The Morgan fingerprint density at radius 2 is 1.94 bits per heavy atom. The summed E-state index contributed by atoms with van der Waals surface area (Å²) in [7, 11) is 1.80. The zero-order valence-corrected chi connectivity index (χ0v) is 10.9. The largest absolute Gasteiger partial charge is 0.385 e. The van der Waals surface area contributed by atoms with Crippen LogP contribution in [0.3, 0.4) is 0 Å². The van der Waals surface area contributed by atoms with Crippen molar-refractivity contribution in [1.82, 2.24) is 5.32 Å². The maximum atomic E-state index is 5.16. The highest BCUT2D eigenvalue weighted by atomic mass is 16.5. The van der Waals surface area contributed by atoms with Crippen LogP contribution >= 0.6 is 0 Å². The van der Waals surface area contributed by atoms with E-state index in [0.29, 0.717) is 0 Å². The molecule has 3 unspecified atom stereocenters. The molecule has 2 fully saturated rings. The van der Waals surface area contributed by atoms with Crippen molar-refractivity contribution < 1.29 is 4.74 Å². The lowest BCUT2D eigenvalue weighted by Gasteiger charge is -2.18. The van der Waals surface area contributed by atoms with Gasteiger partial charge in [0.1, 0.15) is 0 Å². The van der Waals surface area contributed by atoms with Crippen molar-refractivity contribution in [2.75, 3.05) is 20.3 Å². The topological polar surface area (TPSA) is 21.3 Å². The van der Waals surface area contributed by atoms with Crippen LogP contribution in [0.5, 0.6) is 0 Å². The minimum Gasteiger partial charge on any atom is -0.385 e. The smallest absolute Gasteiger partial charge is 0.0462 e. The molecular weight excluding hydrogens is 198 g/mol. The molecule has 0 heterocycles. The summed E-state index contributed by atoms with van der Waals surface area (Å²) in [4.78, 5) is 0. The normalized spacial score (nSPS) is 34.5. The molecule has 2 nitrogen and oxygen atoms in total. The Kier molecular flexibility index (Phi) is 4.66. The molecule has 0 spiro atoms. The molecule has 0 amide bonds. The zero-order valence-electron chi connectivity index (χ0n) is 10.9. The van der Waals surface area contributed by atoms with Gasteiger partial charge in [-0.1, -0.05) is 19.8 Å². The lowest BCUT2D eigenvalue weighted by Crippen LogP contribution is -2.32. The molecule has 94 valence electrons. The average molecular weight is 225 g/mol. The summed E-state index contributed by atoms with van der Waals surface area (Å²) in [6, 6.07) is 0.772. The molecule has 0 aliphatic heterocycles. The second-order valence-electron chi connectivity index (χ2n) is 5.49. The summed E-state index contributed by atoms with van der Waals surface area (Å²) < 4.78 is 5.16. The van der Waals surface area contributed by atoms with Crippen molar-refractivity contribution in [3.63, 3.8) is 0 Å². The van der Waals surface area contributed by atoms with Crippen molar-refractivity contribution in [3.05, 3.63) is 0 Å². The van der Waals surface area contributed by atoms with Crippen LogP contribution in [-0.4, -0.2) is 26.3 Å². The summed E-state index contributed by atoms with van der Waals surface area (Å²) in [6.45, 7) is 4.27. The van der Waals surface area contributed by atoms with Gasteiger partial charge in [-0.2, -0.15) is 0 Å². The van der Waals surface area contributed by atoms with Gasteiger partial charge in [-0.3, -0.25) is 0 Å². The number of methoxy groups -OCH3 is 1. The number of nitrogens with one attached hydrogen (secondary N) is 1. The van der Waals surface area contributed by atoms with Crippen LogP contribution in [0, 0.1) is 17.8 Å². The molecule has 2 rings (SSSR count). The van der Waals surface area contributed by atoms with Crippen LogP contribution < -0.4 is 5.32 Å². The molecule has 2 saturated carbocycles. The van der Waals surface area contributed by atoms with Gasteiger partial charge in [0.25, 0.3) is 0 Å². The van der Waals surface area contributed by atoms with E-state index in [9.17, 15) is 0 Å². The van der Waals surface area contributed by atoms with Gasteiger partial charge in [-0.15, -0.1) is 0 Å². The second-order valence-corrected chi connectivity index (χ2v) is 5.49. The van der Waals surface area contributed by atoms with Crippen molar-refractivity contribution in [3.8, 4) is 0 Å². The van der Waals surface area contributed by atoms with Gasteiger partial charge < -0.3 is 10.1 Å². The molecule has 0 aromatic rings. The Bertz CT molecular complexity index is 195.